The second kappa shape index (κ2) is 22.3. The summed E-state index contributed by atoms with van der Waals surface area (Å²) in [4.78, 5) is 5.51. The molecule has 8 aromatic carbocycles. The molecule has 2 aliphatic heterocycles. The summed E-state index contributed by atoms with van der Waals surface area (Å²) in [5.41, 5.74) is 33.6. The molecule has 4 heteroatoms. The number of rotatable bonds is 8. The van der Waals surface area contributed by atoms with Crippen molar-refractivity contribution < 1.29 is 0 Å². The van der Waals surface area contributed by atoms with Gasteiger partial charge in [-0.1, -0.05) is 288 Å². The van der Waals surface area contributed by atoms with Crippen LogP contribution in [0.15, 0.2) is 243 Å². The minimum Gasteiger partial charge on any atom is -0.342 e. The molecule has 2 atom stereocenters. The summed E-state index contributed by atoms with van der Waals surface area (Å²) in [5.74, 6) is 0.547. The Balaban J connectivity index is 0.985. The van der Waals surface area contributed by atoms with Gasteiger partial charge < -0.3 is 9.47 Å². The first-order chi connectivity index (χ1) is 44.8. The number of hydrogen-bond acceptors (Lipinski definition) is 2. The highest BCUT2D eigenvalue weighted by Crippen LogP contribution is 2.56. The van der Waals surface area contributed by atoms with Crippen molar-refractivity contribution in [1.29, 1.82) is 0 Å². The largest absolute Gasteiger partial charge is 0.342 e. The number of benzene rings is 8. The monoisotopic (exact) mass is 1260 g/mol. The Kier molecular flexibility index (Phi) is 14.8. The van der Waals surface area contributed by atoms with Crippen LogP contribution in [0, 0.1) is 28.1 Å². The molecule has 0 amide bonds. The van der Waals surface area contributed by atoms with Crippen molar-refractivity contribution in [2.45, 2.75) is 164 Å². The van der Waals surface area contributed by atoms with E-state index in [1.807, 2.05) is 11.8 Å². The summed E-state index contributed by atoms with van der Waals surface area (Å²) in [5, 5.41) is 2.61. The molecule has 0 bridgehead atoms. The van der Waals surface area contributed by atoms with Crippen molar-refractivity contribution in [2.24, 2.45) is 28.1 Å². The minimum atomic E-state index is -0.0641. The molecule has 0 saturated carbocycles. The van der Waals surface area contributed by atoms with Gasteiger partial charge >= 0.3 is 0 Å². The van der Waals surface area contributed by atoms with E-state index in [0.29, 0.717) is 5.92 Å². The van der Waals surface area contributed by atoms with Crippen LogP contribution >= 0.6 is 11.8 Å². The number of anilines is 2. The van der Waals surface area contributed by atoms with Crippen molar-refractivity contribution in [3.8, 4) is 27.9 Å². The zero-order valence-corrected chi connectivity index (χ0v) is 60.5. The highest BCUT2D eigenvalue weighted by molar-refractivity contribution is 8.00. The highest BCUT2D eigenvalue weighted by atomic mass is 32.2. The Morgan fingerprint density at radius 3 is 1.56 bits per heavy atom. The van der Waals surface area contributed by atoms with Gasteiger partial charge in [0.25, 0.3) is 0 Å². The van der Waals surface area contributed by atoms with E-state index < -0.39 is 0 Å². The van der Waals surface area contributed by atoms with Gasteiger partial charge in [-0.05, 0) is 206 Å². The molecule has 0 radical (unpaired) electrons. The maximum absolute atomic E-state index is 2.79. The van der Waals surface area contributed by atoms with Crippen LogP contribution in [0.4, 0.5) is 11.4 Å². The lowest BCUT2D eigenvalue weighted by Crippen LogP contribution is -2.60. The van der Waals surface area contributed by atoms with Crippen molar-refractivity contribution >= 4 is 73.6 Å². The zero-order valence-electron chi connectivity index (χ0n) is 59.7. The van der Waals surface area contributed by atoms with Crippen LogP contribution in [0.25, 0.3) is 55.3 Å². The van der Waals surface area contributed by atoms with E-state index in [2.05, 4.69) is 334 Å². The predicted molar refractivity (Wildman–Crippen MR) is 412 cm³/mol. The third-order valence-electron chi connectivity index (χ3n) is 21.4. The summed E-state index contributed by atoms with van der Waals surface area (Å²) in [6.07, 6.45) is 19.5. The van der Waals surface area contributed by atoms with Crippen molar-refractivity contribution in [3.05, 3.63) is 267 Å². The van der Waals surface area contributed by atoms with E-state index in [-0.39, 0.29) is 45.1 Å². The molecule has 6 aliphatic rings. The first kappa shape index (κ1) is 63.0. The fraction of sp³-hybridized carbons (Fsp3) is 0.319. The van der Waals surface area contributed by atoms with Gasteiger partial charge in [0.1, 0.15) is 0 Å². The molecule has 478 valence electrons. The molecule has 95 heavy (non-hydrogen) atoms. The molecule has 0 spiro atoms. The van der Waals surface area contributed by atoms with E-state index in [1.54, 1.807) is 0 Å². The van der Waals surface area contributed by atoms with Crippen LogP contribution in [0.3, 0.4) is 0 Å². The summed E-state index contributed by atoms with van der Waals surface area (Å²) >= 11 is 2.00. The Morgan fingerprint density at radius 1 is 0.432 bits per heavy atom. The van der Waals surface area contributed by atoms with Gasteiger partial charge in [0.2, 0.25) is 6.71 Å². The molecule has 1 aromatic heterocycles. The van der Waals surface area contributed by atoms with Gasteiger partial charge in [-0.3, -0.25) is 0 Å². The molecule has 2 unspecified atom stereocenters. The summed E-state index contributed by atoms with van der Waals surface area (Å²) in [6.45, 7) is 43.4. The fourth-order valence-corrected chi connectivity index (χ4v) is 17.4. The van der Waals surface area contributed by atoms with E-state index in [4.69, 9.17) is 0 Å². The zero-order chi connectivity index (χ0) is 66.8. The first-order valence-electron chi connectivity index (χ1n) is 35.1. The second-order valence-electron chi connectivity index (χ2n) is 34.8. The topological polar surface area (TPSA) is 8.17 Å². The molecule has 3 heterocycles. The highest BCUT2D eigenvalue weighted by Gasteiger charge is 2.45. The summed E-state index contributed by atoms with van der Waals surface area (Å²) in [7, 11) is 0. The lowest BCUT2D eigenvalue weighted by atomic mass is 9.34. The molecule has 15 rings (SSSR count). The molecule has 0 N–H and O–H groups in total. The maximum atomic E-state index is 2.79. The molecular weight excluding hydrogens is 1160 g/mol. The number of aromatic nitrogens is 1. The number of hydrogen-bond donors (Lipinski definition) is 0. The standard InChI is InChI=1S/C91H95BN2S/c1-86(2,3)54-55-41-80-85-82(42-55)95-81-38-31-58(69-46-61-45-64(89(10,11)12)43-59-29-30-60-44-65(90(13,14)15)52-74(69)84(60)83(59)61)47-76(81)92(85)75-35-34-67(94-77-36-32-62(87(4,5)6)48-72(77)73-49-63(88(7,8)9)33-37-78(73)94)53-79(75)93(80)40-39-68-70(56-25-21-19-22-26-56)50-66(91(16,17)18)51-71(68)57-27-23-20-24-28-57/h19-38,41-53,83-84H,39-40,54H2,1-18H3. The van der Waals surface area contributed by atoms with E-state index in [9.17, 15) is 0 Å². The van der Waals surface area contributed by atoms with E-state index >= 15 is 0 Å². The quantitative estimate of drug-likeness (QED) is 0.140. The number of allylic oxidation sites excluding steroid dienone is 14. The Hall–Kier alpha value is -8.05. The fourth-order valence-electron chi connectivity index (χ4n) is 16.2. The number of nitrogens with zero attached hydrogens (tertiary/aromatic N) is 2. The molecule has 4 aliphatic carbocycles. The van der Waals surface area contributed by atoms with Gasteiger partial charge in [0, 0.05) is 56.0 Å². The SMILES string of the molecule is CC(C)(C)Cc1cc2c3c(c1)N(CCc1c(-c4ccccc4)cc(C(C)(C)C)cc1-c1ccccc1)c1cc(-n4c5ccc(C(C)(C)C)cc5c5cc(C(C)(C)C)ccc54)ccc1B3c1cc(C3=C4C=C(C(C)(C)C)C=C5C=CC6=CC(C(C)(C)C)=CC(=C3)C6C54)ccc1S2. The second-order valence-corrected chi connectivity index (χ2v) is 35.9. The van der Waals surface area contributed by atoms with Gasteiger partial charge in [-0.2, -0.15) is 0 Å². The van der Waals surface area contributed by atoms with Gasteiger partial charge in [0.15, 0.2) is 0 Å². The van der Waals surface area contributed by atoms with Crippen molar-refractivity contribution in [2.75, 3.05) is 11.4 Å². The van der Waals surface area contributed by atoms with Gasteiger partial charge in [-0.15, -0.1) is 0 Å². The van der Waals surface area contributed by atoms with Gasteiger partial charge in [-0.25, -0.2) is 0 Å². The third-order valence-corrected chi connectivity index (χ3v) is 22.6. The Bertz CT molecular complexity index is 4790. The molecule has 9 aromatic rings. The molecule has 2 nitrogen and oxygen atoms in total. The average Bonchev–Trinajstić information content (AvgIpc) is 0.849. The van der Waals surface area contributed by atoms with Crippen molar-refractivity contribution in [1.82, 2.24) is 4.57 Å². The maximum Gasteiger partial charge on any atom is 0.249 e. The van der Waals surface area contributed by atoms with Crippen LogP contribution in [-0.4, -0.2) is 17.8 Å². The minimum absolute atomic E-state index is 0.0103. The Labute approximate surface area is 572 Å². The Morgan fingerprint density at radius 2 is 1.00 bits per heavy atom. The lowest BCUT2D eigenvalue weighted by molar-refractivity contribution is 0.411. The van der Waals surface area contributed by atoms with Crippen molar-refractivity contribution in [3.63, 3.8) is 0 Å². The van der Waals surface area contributed by atoms with Crippen LogP contribution in [-0.2, 0) is 29.1 Å². The van der Waals surface area contributed by atoms with Gasteiger partial charge in [0.05, 0.1) is 11.0 Å². The van der Waals surface area contributed by atoms with Crippen LogP contribution in [0.5, 0.6) is 0 Å². The molecule has 0 fully saturated rings. The summed E-state index contributed by atoms with van der Waals surface area (Å²) < 4.78 is 2.59. The predicted octanol–water partition coefficient (Wildman–Crippen LogP) is 22.6. The number of fused-ring (bicyclic) bond motifs is 7. The average molecular weight is 1260 g/mol. The third kappa shape index (κ3) is 11.2. The molecular formula is C91H95BN2S. The van der Waals surface area contributed by atoms with E-state index in [1.165, 1.54) is 160 Å². The first-order valence-corrected chi connectivity index (χ1v) is 36.0. The smallest absolute Gasteiger partial charge is 0.249 e. The van der Waals surface area contributed by atoms with Crippen LogP contribution < -0.4 is 21.3 Å². The lowest BCUT2D eigenvalue weighted by Gasteiger charge is -2.44. The van der Waals surface area contributed by atoms with Crippen LogP contribution in [0.2, 0.25) is 0 Å². The molecule has 0 saturated heterocycles. The van der Waals surface area contributed by atoms with Crippen LogP contribution in [0.1, 0.15) is 158 Å². The van der Waals surface area contributed by atoms with E-state index in [0.717, 1.165) is 19.4 Å². The normalized spacial score (nSPS) is 17.6. The summed E-state index contributed by atoms with van der Waals surface area (Å²) in [6, 6.07) is 62.5.